The minimum absolute atomic E-state index is 0.0135. The van der Waals surface area contributed by atoms with Gasteiger partial charge in [0, 0.05) is 43.0 Å². The highest BCUT2D eigenvalue weighted by Gasteiger charge is 2.33. The SMILES string of the molecule is CCC(C)C(NC(=O)C(Cc1cnc[nH]1)NC(=O)C(N)Cc1cnc[nH]1)C(=O)NC(CCC(=O)O)C(=O)O. The van der Waals surface area contributed by atoms with Crippen molar-refractivity contribution in [3.05, 3.63) is 36.4 Å². The van der Waals surface area contributed by atoms with Gasteiger partial charge in [-0.05, 0) is 12.3 Å². The number of nitrogens with two attached hydrogens (primary N) is 1. The average Bonchev–Trinajstić information content (AvgIpc) is 3.58. The minimum atomic E-state index is -1.46. The predicted molar refractivity (Wildman–Crippen MR) is 132 cm³/mol. The predicted octanol–water partition coefficient (Wildman–Crippen LogP) is -1.30. The Bertz CT molecular complexity index is 1070. The Kier molecular flexibility index (Phi) is 11.4. The maximum absolute atomic E-state index is 13.3. The summed E-state index contributed by atoms with van der Waals surface area (Å²) in [5.41, 5.74) is 7.18. The molecule has 2 aromatic rings. The Morgan fingerprint density at radius 2 is 1.47 bits per heavy atom. The summed E-state index contributed by atoms with van der Waals surface area (Å²) >= 11 is 0. The minimum Gasteiger partial charge on any atom is -0.481 e. The molecule has 15 nitrogen and oxygen atoms in total. The van der Waals surface area contributed by atoms with E-state index in [4.69, 9.17) is 10.8 Å². The highest BCUT2D eigenvalue weighted by atomic mass is 16.4. The van der Waals surface area contributed by atoms with Gasteiger partial charge < -0.3 is 41.9 Å². The van der Waals surface area contributed by atoms with E-state index in [1.165, 1.54) is 25.0 Å². The smallest absolute Gasteiger partial charge is 0.326 e. The number of aromatic nitrogens is 4. The second kappa shape index (κ2) is 14.5. The van der Waals surface area contributed by atoms with Gasteiger partial charge >= 0.3 is 11.9 Å². The first-order chi connectivity index (χ1) is 18.0. The van der Waals surface area contributed by atoms with Crippen LogP contribution in [0.15, 0.2) is 25.0 Å². The van der Waals surface area contributed by atoms with Crippen molar-refractivity contribution in [2.24, 2.45) is 11.7 Å². The van der Waals surface area contributed by atoms with E-state index in [2.05, 4.69) is 35.9 Å². The summed E-state index contributed by atoms with van der Waals surface area (Å²) < 4.78 is 0. The second-order valence-corrected chi connectivity index (χ2v) is 8.93. The number of amides is 3. The van der Waals surface area contributed by atoms with Gasteiger partial charge in [0.1, 0.15) is 18.1 Å². The molecule has 0 fully saturated rings. The fourth-order valence-electron chi connectivity index (χ4n) is 3.57. The van der Waals surface area contributed by atoms with Crippen LogP contribution in [0.4, 0.5) is 0 Å². The quantitative estimate of drug-likeness (QED) is 0.126. The molecule has 0 radical (unpaired) electrons. The molecule has 2 rings (SSSR count). The normalized spacial score (nSPS) is 14.9. The summed E-state index contributed by atoms with van der Waals surface area (Å²) in [6.07, 6.45) is 5.69. The van der Waals surface area contributed by atoms with Crippen LogP contribution in [0.1, 0.15) is 44.5 Å². The molecule has 0 aliphatic carbocycles. The monoisotopic (exact) mass is 534 g/mol. The van der Waals surface area contributed by atoms with E-state index in [0.717, 1.165) is 0 Å². The standard InChI is InChI=1S/C23H34N8O7/c1-3-12(2)19(22(36)29-16(23(37)38)4-5-18(32)33)31-21(35)17(7-14-9-26-11-28-14)30-20(34)15(24)6-13-8-25-10-27-13/h8-12,15-17,19H,3-7,24H2,1-2H3,(H,25,27)(H,26,28)(H,29,36)(H,30,34)(H,31,35)(H,32,33)(H,37,38). The van der Waals surface area contributed by atoms with Gasteiger partial charge in [-0.2, -0.15) is 0 Å². The number of rotatable bonds is 16. The van der Waals surface area contributed by atoms with E-state index < -0.39 is 66.2 Å². The lowest BCUT2D eigenvalue weighted by atomic mass is 9.96. The molecule has 208 valence electrons. The fourth-order valence-corrected chi connectivity index (χ4v) is 3.57. The molecular formula is C23H34N8O7. The molecule has 0 saturated carbocycles. The molecule has 0 saturated heterocycles. The van der Waals surface area contributed by atoms with Crippen LogP contribution >= 0.6 is 0 Å². The largest absolute Gasteiger partial charge is 0.481 e. The zero-order chi connectivity index (χ0) is 28.2. The van der Waals surface area contributed by atoms with E-state index in [1.807, 2.05) is 0 Å². The highest BCUT2D eigenvalue weighted by molar-refractivity contribution is 5.94. The van der Waals surface area contributed by atoms with E-state index in [0.29, 0.717) is 17.8 Å². The number of carbonyl (C=O) groups excluding carboxylic acids is 3. The van der Waals surface area contributed by atoms with Gasteiger partial charge in [-0.3, -0.25) is 19.2 Å². The van der Waals surface area contributed by atoms with Crippen LogP contribution in [-0.4, -0.2) is 84.0 Å². The summed E-state index contributed by atoms with van der Waals surface area (Å²) in [7, 11) is 0. The van der Waals surface area contributed by atoms with Crippen LogP contribution in [0.25, 0.3) is 0 Å². The number of aromatic amines is 2. The Morgan fingerprint density at radius 3 is 1.97 bits per heavy atom. The van der Waals surface area contributed by atoms with Gasteiger partial charge in [-0.25, -0.2) is 14.8 Å². The number of carboxylic acid groups (broad SMARTS) is 2. The number of carbonyl (C=O) groups is 5. The summed E-state index contributed by atoms with van der Waals surface area (Å²) in [6.45, 7) is 3.48. The number of nitrogens with zero attached hydrogens (tertiary/aromatic N) is 2. The summed E-state index contributed by atoms with van der Waals surface area (Å²) in [5, 5.41) is 25.8. The van der Waals surface area contributed by atoms with Crippen LogP contribution in [0.2, 0.25) is 0 Å². The number of hydrogen-bond acceptors (Lipinski definition) is 8. The topological polar surface area (TPSA) is 245 Å². The van der Waals surface area contributed by atoms with Gasteiger partial charge in [-0.1, -0.05) is 20.3 Å². The number of H-pyrrole nitrogens is 2. The van der Waals surface area contributed by atoms with Crippen molar-refractivity contribution < 1.29 is 34.2 Å². The first-order valence-electron chi connectivity index (χ1n) is 12.1. The molecule has 0 spiro atoms. The van der Waals surface area contributed by atoms with Crippen molar-refractivity contribution in [1.29, 1.82) is 0 Å². The van der Waals surface area contributed by atoms with Crippen LogP contribution in [-0.2, 0) is 36.8 Å². The van der Waals surface area contributed by atoms with Crippen molar-refractivity contribution >= 4 is 29.7 Å². The maximum Gasteiger partial charge on any atom is 0.326 e. The molecule has 0 bridgehead atoms. The number of hydrogen-bond donors (Lipinski definition) is 8. The van der Waals surface area contributed by atoms with Gasteiger partial charge in [-0.15, -0.1) is 0 Å². The van der Waals surface area contributed by atoms with Crippen LogP contribution < -0.4 is 21.7 Å². The maximum atomic E-state index is 13.3. The van der Waals surface area contributed by atoms with Gasteiger partial charge in [0.05, 0.1) is 18.7 Å². The fraction of sp³-hybridized carbons (Fsp3) is 0.522. The van der Waals surface area contributed by atoms with E-state index in [9.17, 15) is 29.1 Å². The molecule has 0 aromatic carbocycles. The Labute approximate surface area is 218 Å². The molecule has 5 unspecified atom stereocenters. The Balaban J connectivity index is 2.17. The first kappa shape index (κ1) is 30.0. The first-order valence-corrected chi connectivity index (χ1v) is 12.1. The molecule has 2 aromatic heterocycles. The van der Waals surface area contributed by atoms with E-state index in [1.54, 1.807) is 13.8 Å². The highest BCUT2D eigenvalue weighted by Crippen LogP contribution is 2.11. The molecule has 5 atom stereocenters. The van der Waals surface area contributed by atoms with Crippen molar-refractivity contribution in [3.8, 4) is 0 Å². The Hall–Kier alpha value is -4.27. The zero-order valence-corrected chi connectivity index (χ0v) is 21.1. The third-order valence-electron chi connectivity index (χ3n) is 6.00. The van der Waals surface area contributed by atoms with E-state index in [-0.39, 0.29) is 19.3 Å². The molecular weight excluding hydrogens is 500 g/mol. The lowest BCUT2D eigenvalue weighted by molar-refractivity contribution is -0.143. The third kappa shape index (κ3) is 9.31. The number of nitrogens with one attached hydrogen (secondary N) is 5. The number of aliphatic carboxylic acids is 2. The lowest BCUT2D eigenvalue weighted by Gasteiger charge is -2.28. The third-order valence-corrected chi connectivity index (χ3v) is 6.00. The van der Waals surface area contributed by atoms with Crippen LogP contribution in [0.5, 0.6) is 0 Å². The van der Waals surface area contributed by atoms with Crippen molar-refractivity contribution in [1.82, 2.24) is 35.9 Å². The lowest BCUT2D eigenvalue weighted by Crippen LogP contribution is -2.59. The zero-order valence-electron chi connectivity index (χ0n) is 21.1. The molecule has 15 heteroatoms. The summed E-state index contributed by atoms with van der Waals surface area (Å²) in [6, 6.07) is -4.74. The van der Waals surface area contributed by atoms with Crippen molar-refractivity contribution in [2.45, 2.75) is 70.1 Å². The van der Waals surface area contributed by atoms with Gasteiger partial charge in [0.2, 0.25) is 17.7 Å². The van der Waals surface area contributed by atoms with Crippen LogP contribution in [0.3, 0.4) is 0 Å². The van der Waals surface area contributed by atoms with E-state index >= 15 is 0 Å². The Morgan fingerprint density at radius 1 is 0.895 bits per heavy atom. The molecule has 3 amide bonds. The molecule has 9 N–H and O–H groups in total. The summed E-state index contributed by atoms with van der Waals surface area (Å²) in [5.74, 6) is -5.11. The second-order valence-electron chi connectivity index (χ2n) is 8.93. The van der Waals surface area contributed by atoms with Crippen molar-refractivity contribution in [2.75, 3.05) is 0 Å². The van der Waals surface area contributed by atoms with Gasteiger partial charge in [0.15, 0.2) is 0 Å². The average molecular weight is 535 g/mol. The summed E-state index contributed by atoms with van der Waals surface area (Å²) in [4.78, 5) is 75.0. The van der Waals surface area contributed by atoms with Crippen LogP contribution in [0, 0.1) is 5.92 Å². The molecule has 0 aliphatic rings. The van der Waals surface area contributed by atoms with Gasteiger partial charge in [0.25, 0.3) is 0 Å². The molecule has 0 aliphatic heterocycles. The number of carboxylic acids is 2. The molecule has 38 heavy (non-hydrogen) atoms. The molecule has 2 heterocycles. The van der Waals surface area contributed by atoms with Crippen molar-refractivity contribution in [3.63, 3.8) is 0 Å². The number of imidazole rings is 2.